The predicted molar refractivity (Wildman–Crippen MR) is 62.3 cm³/mol. The van der Waals surface area contributed by atoms with E-state index >= 15 is 0 Å². The molecule has 0 fully saturated rings. The summed E-state index contributed by atoms with van der Waals surface area (Å²) in [5.74, 6) is 0.0266. The Balaban J connectivity index is 2.17. The zero-order valence-electron chi connectivity index (χ0n) is 10.4. The van der Waals surface area contributed by atoms with Crippen molar-refractivity contribution in [1.29, 1.82) is 0 Å². The third-order valence-electron chi connectivity index (χ3n) is 2.45. The minimum atomic E-state index is -4.47. The van der Waals surface area contributed by atoms with E-state index in [-0.39, 0.29) is 5.95 Å². The summed E-state index contributed by atoms with van der Waals surface area (Å²) in [5, 5.41) is 3.99. The molecule has 0 atom stereocenters. The van der Waals surface area contributed by atoms with Crippen LogP contribution >= 0.6 is 0 Å². The average Bonchev–Trinajstić information content (AvgIpc) is 2.74. The lowest BCUT2D eigenvalue weighted by Crippen LogP contribution is -2.20. The van der Waals surface area contributed by atoms with Crippen LogP contribution < -0.4 is 4.90 Å². The Kier molecular flexibility index (Phi) is 3.41. The number of anilines is 1. The summed E-state index contributed by atoms with van der Waals surface area (Å²) in [7, 11) is 3.40. The molecule has 2 aromatic heterocycles. The molecule has 5 nitrogen and oxygen atoms in total. The molecule has 0 aliphatic rings. The van der Waals surface area contributed by atoms with Crippen molar-refractivity contribution in [2.45, 2.75) is 12.7 Å². The molecule has 0 aromatic carbocycles. The van der Waals surface area contributed by atoms with Gasteiger partial charge in [-0.3, -0.25) is 4.68 Å². The minimum absolute atomic E-state index is 0.0266. The highest BCUT2D eigenvalue weighted by Gasteiger charge is 2.33. The second kappa shape index (κ2) is 4.87. The zero-order valence-corrected chi connectivity index (χ0v) is 10.4. The maximum absolute atomic E-state index is 12.5. The largest absolute Gasteiger partial charge is 0.433 e. The average molecular weight is 271 g/mol. The molecule has 0 saturated heterocycles. The SMILES string of the molecule is CN(Cc1cnn(C)c1)c1nccc(C(F)(F)F)n1. The molecule has 8 heteroatoms. The van der Waals surface area contributed by atoms with Gasteiger partial charge in [0.15, 0.2) is 0 Å². The summed E-state index contributed by atoms with van der Waals surface area (Å²) in [6.07, 6.45) is 0.0615. The molecule has 0 N–H and O–H groups in total. The summed E-state index contributed by atoms with van der Waals surface area (Å²) in [5.41, 5.74) is -0.0819. The van der Waals surface area contributed by atoms with Gasteiger partial charge in [0.25, 0.3) is 0 Å². The van der Waals surface area contributed by atoms with E-state index in [1.807, 2.05) is 0 Å². The van der Waals surface area contributed by atoms with Crippen LogP contribution in [-0.2, 0) is 19.8 Å². The third kappa shape index (κ3) is 3.21. The zero-order chi connectivity index (χ0) is 14.0. The Morgan fingerprint density at radius 2 is 2.11 bits per heavy atom. The summed E-state index contributed by atoms with van der Waals surface area (Å²) < 4.78 is 39.2. The van der Waals surface area contributed by atoms with E-state index in [9.17, 15) is 13.2 Å². The molecule has 2 heterocycles. The number of aromatic nitrogens is 4. The first kappa shape index (κ1) is 13.3. The summed E-state index contributed by atoms with van der Waals surface area (Å²) in [6.45, 7) is 0.384. The van der Waals surface area contributed by atoms with E-state index in [4.69, 9.17) is 0 Å². The lowest BCUT2D eigenvalue weighted by Gasteiger charge is -2.17. The van der Waals surface area contributed by atoms with E-state index in [2.05, 4.69) is 15.1 Å². The molecule has 0 amide bonds. The van der Waals surface area contributed by atoms with Gasteiger partial charge >= 0.3 is 6.18 Å². The second-order valence-corrected chi connectivity index (χ2v) is 4.12. The van der Waals surface area contributed by atoms with Crippen LogP contribution in [0.2, 0.25) is 0 Å². The number of nitrogens with zero attached hydrogens (tertiary/aromatic N) is 5. The predicted octanol–water partition coefficient (Wildman–Crippen LogP) is 1.87. The van der Waals surface area contributed by atoms with Crippen molar-refractivity contribution in [1.82, 2.24) is 19.7 Å². The first-order valence-corrected chi connectivity index (χ1v) is 5.45. The molecular weight excluding hydrogens is 259 g/mol. The summed E-state index contributed by atoms with van der Waals surface area (Å²) in [4.78, 5) is 8.89. The van der Waals surface area contributed by atoms with Crippen molar-refractivity contribution in [3.8, 4) is 0 Å². The van der Waals surface area contributed by atoms with Gasteiger partial charge in [-0.25, -0.2) is 9.97 Å². The highest BCUT2D eigenvalue weighted by Crippen LogP contribution is 2.28. The fourth-order valence-corrected chi connectivity index (χ4v) is 1.59. The Bertz CT molecular complexity index is 563. The molecule has 102 valence electrons. The van der Waals surface area contributed by atoms with Crippen LogP contribution in [0.15, 0.2) is 24.7 Å². The summed E-state index contributed by atoms with van der Waals surface area (Å²) >= 11 is 0. The van der Waals surface area contributed by atoms with Crippen molar-refractivity contribution < 1.29 is 13.2 Å². The van der Waals surface area contributed by atoms with Gasteiger partial charge in [-0.05, 0) is 6.07 Å². The molecule has 0 saturated carbocycles. The lowest BCUT2D eigenvalue weighted by molar-refractivity contribution is -0.141. The number of hydrogen-bond acceptors (Lipinski definition) is 4. The van der Waals surface area contributed by atoms with Crippen LogP contribution in [0, 0.1) is 0 Å². The van der Waals surface area contributed by atoms with Crippen molar-refractivity contribution in [3.05, 3.63) is 35.9 Å². The van der Waals surface area contributed by atoms with Gasteiger partial charge in [0.1, 0.15) is 5.69 Å². The maximum atomic E-state index is 12.5. The standard InChI is InChI=1S/C11H12F3N5/c1-18(6-8-5-16-19(2)7-8)10-15-4-3-9(17-10)11(12,13)14/h3-5,7H,6H2,1-2H3. The van der Waals surface area contributed by atoms with Crippen LogP contribution in [0.3, 0.4) is 0 Å². The van der Waals surface area contributed by atoms with E-state index in [1.165, 1.54) is 4.90 Å². The molecule has 0 aliphatic heterocycles. The second-order valence-electron chi connectivity index (χ2n) is 4.12. The van der Waals surface area contributed by atoms with Gasteiger partial charge in [-0.15, -0.1) is 0 Å². The quantitative estimate of drug-likeness (QED) is 0.855. The van der Waals surface area contributed by atoms with Gasteiger partial charge < -0.3 is 4.90 Å². The number of aryl methyl sites for hydroxylation is 1. The Morgan fingerprint density at radius 3 is 2.68 bits per heavy atom. The highest BCUT2D eigenvalue weighted by atomic mass is 19.4. The minimum Gasteiger partial charge on any atom is -0.339 e. The number of rotatable bonds is 3. The molecule has 0 radical (unpaired) electrons. The van der Waals surface area contributed by atoms with E-state index in [0.29, 0.717) is 6.54 Å². The van der Waals surface area contributed by atoms with E-state index in [1.54, 1.807) is 31.2 Å². The first-order chi connectivity index (χ1) is 8.86. The fourth-order valence-electron chi connectivity index (χ4n) is 1.59. The van der Waals surface area contributed by atoms with Crippen LogP contribution in [-0.4, -0.2) is 26.8 Å². The lowest BCUT2D eigenvalue weighted by atomic mass is 10.3. The van der Waals surface area contributed by atoms with Gasteiger partial charge in [-0.1, -0.05) is 0 Å². The summed E-state index contributed by atoms with van der Waals surface area (Å²) in [6, 6.07) is 0.849. The normalized spacial score (nSPS) is 11.6. The molecular formula is C11H12F3N5. The van der Waals surface area contributed by atoms with E-state index in [0.717, 1.165) is 17.8 Å². The van der Waals surface area contributed by atoms with Crippen molar-refractivity contribution in [3.63, 3.8) is 0 Å². The van der Waals surface area contributed by atoms with Gasteiger partial charge in [0.05, 0.1) is 6.20 Å². The molecule has 2 aromatic rings. The fraction of sp³-hybridized carbons (Fsp3) is 0.364. The Morgan fingerprint density at radius 1 is 1.37 bits per heavy atom. The first-order valence-electron chi connectivity index (χ1n) is 5.45. The van der Waals surface area contributed by atoms with Crippen molar-refractivity contribution in [2.75, 3.05) is 11.9 Å². The third-order valence-corrected chi connectivity index (χ3v) is 2.45. The van der Waals surface area contributed by atoms with Gasteiger partial charge in [0.2, 0.25) is 5.95 Å². The highest BCUT2D eigenvalue weighted by molar-refractivity contribution is 5.31. The molecule has 19 heavy (non-hydrogen) atoms. The van der Waals surface area contributed by atoms with Gasteiger partial charge in [-0.2, -0.15) is 18.3 Å². The molecule has 0 bridgehead atoms. The number of halogens is 3. The smallest absolute Gasteiger partial charge is 0.339 e. The van der Waals surface area contributed by atoms with Crippen LogP contribution in [0.1, 0.15) is 11.3 Å². The number of alkyl halides is 3. The van der Waals surface area contributed by atoms with Crippen LogP contribution in [0.25, 0.3) is 0 Å². The molecule has 0 spiro atoms. The monoisotopic (exact) mass is 271 g/mol. The topological polar surface area (TPSA) is 46.8 Å². The van der Waals surface area contributed by atoms with Crippen molar-refractivity contribution in [2.24, 2.45) is 7.05 Å². The Labute approximate surface area is 107 Å². The van der Waals surface area contributed by atoms with Gasteiger partial charge in [0, 0.05) is 38.6 Å². The van der Waals surface area contributed by atoms with E-state index < -0.39 is 11.9 Å². The molecule has 0 unspecified atom stereocenters. The molecule has 2 rings (SSSR count). The van der Waals surface area contributed by atoms with Crippen LogP contribution in [0.4, 0.5) is 19.1 Å². The van der Waals surface area contributed by atoms with Crippen LogP contribution in [0.5, 0.6) is 0 Å². The maximum Gasteiger partial charge on any atom is 0.433 e. The Hall–Kier alpha value is -2.12. The number of hydrogen-bond donors (Lipinski definition) is 0. The van der Waals surface area contributed by atoms with Crippen molar-refractivity contribution >= 4 is 5.95 Å². The molecule has 0 aliphatic carbocycles.